The van der Waals surface area contributed by atoms with Crippen LogP contribution >= 0.6 is 0 Å². The number of nitrogens with zero attached hydrogens (tertiary/aromatic N) is 4. The summed E-state index contributed by atoms with van der Waals surface area (Å²) in [6, 6.07) is 9.82. The number of nitrogens with one attached hydrogen (secondary N) is 1. The van der Waals surface area contributed by atoms with Gasteiger partial charge in [0.05, 0.1) is 17.1 Å². The van der Waals surface area contributed by atoms with E-state index in [1.165, 1.54) is 13.1 Å². The number of aromatic amines is 1. The first-order chi connectivity index (χ1) is 11.0. The van der Waals surface area contributed by atoms with Crippen molar-refractivity contribution in [2.45, 2.75) is 13.0 Å². The molecule has 1 aromatic carbocycles. The van der Waals surface area contributed by atoms with Crippen LogP contribution in [0.3, 0.4) is 0 Å². The number of anilines is 1. The van der Waals surface area contributed by atoms with Crippen molar-refractivity contribution in [3.05, 3.63) is 57.0 Å². The number of para-hydroxylation sites is 2. The van der Waals surface area contributed by atoms with Crippen LogP contribution in [-0.2, 0) is 7.05 Å². The zero-order valence-corrected chi connectivity index (χ0v) is 13.0. The van der Waals surface area contributed by atoms with Gasteiger partial charge in [-0.1, -0.05) is 12.1 Å². The lowest BCUT2D eigenvalue weighted by atomic mass is 10.1. The minimum atomic E-state index is -0.389. The van der Waals surface area contributed by atoms with Gasteiger partial charge in [-0.15, -0.1) is 0 Å². The van der Waals surface area contributed by atoms with E-state index < -0.39 is 0 Å². The summed E-state index contributed by atoms with van der Waals surface area (Å²) in [7, 11) is 1.46. The van der Waals surface area contributed by atoms with Crippen LogP contribution in [0, 0.1) is 6.92 Å². The first-order valence-corrected chi connectivity index (χ1v) is 7.53. The van der Waals surface area contributed by atoms with Gasteiger partial charge in [0.15, 0.2) is 0 Å². The largest absolute Gasteiger partial charge is 0.354 e. The van der Waals surface area contributed by atoms with Crippen molar-refractivity contribution in [2.24, 2.45) is 7.05 Å². The number of imidazole rings is 1. The van der Waals surface area contributed by atoms with Crippen molar-refractivity contribution in [3.8, 4) is 0 Å². The molecule has 0 bridgehead atoms. The number of aromatic nitrogens is 4. The summed E-state index contributed by atoms with van der Waals surface area (Å²) in [6.07, 6.45) is 0. The molecular weight excluding hydrogens is 294 g/mol. The van der Waals surface area contributed by atoms with Gasteiger partial charge < -0.3 is 9.47 Å². The van der Waals surface area contributed by atoms with Crippen LogP contribution in [0.1, 0.15) is 11.9 Å². The molecule has 1 fully saturated rings. The molecule has 2 aromatic heterocycles. The van der Waals surface area contributed by atoms with Crippen LogP contribution in [0.4, 0.5) is 5.82 Å². The van der Waals surface area contributed by atoms with Gasteiger partial charge in [0.25, 0.3) is 5.56 Å². The highest BCUT2D eigenvalue weighted by Gasteiger charge is 2.31. The number of H-pyrrole nitrogens is 1. The molecule has 4 rings (SSSR count). The zero-order chi connectivity index (χ0) is 16.1. The van der Waals surface area contributed by atoms with Gasteiger partial charge in [-0.2, -0.15) is 0 Å². The Kier molecular flexibility index (Phi) is 2.90. The Balaban J connectivity index is 1.63. The van der Waals surface area contributed by atoms with Crippen molar-refractivity contribution in [2.75, 3.05) is 18.0 Å². The molecule has 7 nitrogen and oxygen atoms in total. The molecule has 0 spiro atoms. The molecule has 0 amide bonds. The number of hydrogen-bond donors (Lipinski definition) is 1. The van der Waals surface area contributed by atoms with E-state index >= 15 is 0 Å². The summed E-state index contributed by atoms with van der Waals surface area (Å²) in [6.45, 7) is 3.48. The summed E-state index contributed by atoms with van der Waals surface area (Å²) in [5, 5.41) is 0. The zero-order valence-electron chi connectivity index (χ0n) is 13.0. The molecule has 0 unspecified atom stereocenters. The van der Waals surface area contributed by atoms with Crippen LogP contribution in [0.5, 0.6) is 0 Å². The molecule has 1 saturated heterocycles. The third-order valence-corrected chi connectivity index (χ3v) is 4.47. The fraction of sp³-hybridized carbons (Fsp3) is 0.312. The van der Waals surface area contributed by atoms with E-state index in [-0.39, 0.29) is 17.3 Å². The monoisotopic (exact) mass is 311 g/mol. The molecule has 1 N–H and O–H groups in total. The molecule has 0 radical (unpaired) electrons. The molecule has 1 aliphatic rings. The smallest absolute Gasteiger partial charge is 0.329 e. The van der Waals surface area contributed by atoms with E-state index in [4.69, 9.17) is 0 Å². The SMILES string of the molecule is Cc1nc2ccccc2n1C1CN(c2cc(=O)n(C)c(=O)[nH]2)C1. The van der Waals surface area contributed by atoms with E-state index in [0.29, 0.717) is 5.82 Å². The molecule has 0 aliphatic carbocycles. The van der Waals surface area contributed by atoms with Crippen molar-refractivity contribution in [1.82, 2.24) is 19.1 Å². The third kappa shape index (κ3) is 2.08. The predicted molar refractivity (Wildman–Crippen MR) is 88.0 cm³/mol. The first kappa shape index (κ1) is 13.8. The predicted octanol–water partition coefficient (Wildman–Crippen LogP) is 0.793. The summed E-state index contributed by atoms with van der Waals surface area (Å²) in [5.74, 6) is 1.56. The highest BCUT2D eigenvalue weighted by Crippen LogP contribution is 2.29. The average Bonchev–Trinajstić information content (AvgIpc) is 2.80. The molecule has 3 aromatic rings. The van der Waals surface area contributed by atoms with Gasteiger partial charge in [0, 0.05) is 26.2 Å². The van der Waals surface area contributed by atoms with E-state index in [1.807, 2.05) is 30.0 Å². The number of fused-ring (bicyclic) bond motifs is 1. The van der Waals surface area contributed by atoms with Gasteiger partial charge in [-0.05, 0) is 19.1 Å². The van der Waals surface area contributed by atoms with E-state index in [1.54, 1.807) is 0 Å². The maximum absolute atomic E-state index is 11.7. The van der Waals surface area contributed by atoms with Crippen LogP contribution < -0.4 is 16.1 Å². The lowest BCUT2D eigenvalue weighted by Gasteiger charge is -2.41. The van der Waals surface area contributed by atoms with E-state index in [0.717, 1.165) is 34.5 Å². The lowest BCUT2D eigenvalue weighted by molar-refractivity contribution is 0.398. The molecule has 0 saturated carbocycles. The minimum Gasteiger partial charge on any atom is -0.354 e. The maximum Gasteiger partial charge on any atom is 0.329 e. The van der Waals surface area contributed by atoms with Gasteiger partial charge in [0.1, 0.15) is 11.6 Å². The highest BCUT2D eigenvalue weighted by atomic mass is 16.2. The van der Waals surface area contributed by atoms with Gasteiger partial charge in [-0.3, -0.25) is 14.3 Å². The quantitative estimate of drug-likeness (QED) is 0.759. The summed E-state index contributed by atoms with van der Waals surface area (Å²) in [5.41, 5.74) is 1.43. The summed E-state index contributed by atoms with van der Waals surface area (Å²) >= 11 is 0. The molecule has 23 heavy (non-hydrogen) atoms. The first-order valence-electron chi connectivity index (χ1n) is 7.53. The second-order valence-electron chi connectivity index (χ2n) is 5.93. The Labute approximate surface area is 131 Å². The van der Waals surface area contributed by atoms with Gasteiger partial charge >= 0.3 is 5.69 Å². The normalized spacial score (nSPS) is 15.1. The van der Waals surface area contributed by atoms with E-state index in [9.17, 15) is 9.59 Å². The molecule has 1 aliphatic heterocycles. The van der Waals surface area contributed by atoms with Crippen LogP contribution in [-0.4, -0.2) is 32.2 Å². The van der Waals surface area contributed by atoms with E-state index in [2.05, 4.69) is 20.6 Å². The average molecular weight is 311 g/mol. The summed E-state index contributed by atoms with van der Waals surface area (Å²) < 4.78 is 3.29. The third-order valence-electron chi connectivity index (χ3n) is 4.47. The Morgan fingerprint density at radius 3 is 2.70 bits per heavy atom. The molecule has 3 heterocycles. The van der Waals surface area contributed by atoms with Crippen molar-refractivity contribution < 1.29 is 0 Å². The van der Waals surface area contributed by atoms with Gasteiger partial charge in [0.2, 0.25) is 0 Å². The second kappa shape index (κ2) is 4.84. The molecule has 7 heteroatoms. The van der Waals surface area contributed by atoms with Crippen molar-refractivity contribution in [3.63, 3.8) is 0 Å². The fourth-order valence-electron chi connectivity index (χ4n) is 3.15. The second-order valence-corrected chi connectivity index (χ2v) is 5.93. The Morgan fingerprint density at radius 1 is 1.22 bits per heavy atom. The number of benzene rings is 1. The molecule has 0 atom stereocenters. The van der Waals surface area contributed by atoms with Gasteiger partial charge in [-0.25, -0.2) is 9.78 Å². The minimum absolute atomic E-state index is 0.287. The number of hydrogen-bond acceptors (Lipinski definition) is 4. The molecule has 118 valence electrons. The van der Waals surface area contributed by atoms with Crippen LogP contribution in [0.2, 0.25) is 0 Å². The topological polar surface area (TPSA) is 75.9 Å². The van der Waals surface area contributed by atoms with Crippen molar-refractivity contribution in [1.29, 1.82) is 0 Å². The van der Waals surface area contributed by atoms with Crippen LogP contribution in [0.15, 0.2) is 39.9 Å². The Morgan fingerprint density at radius 2 is 1.96 bits per heavy atom. The van der Waals surface area contributed by atoms with Crippen LogP contribution in [0.25, 0.3) is 11.0 Å². The Bertz CT molecular complexity index is 976. The number of rotatable bonds is 2. The standard InChI is InChI=1S/C16H17N5O2/c1-10-17-12-5-3-4-6-13(12)21(10)11-8-20(9-11)14-7-15(22)19(2)16(23)18-14/h3-7,11H,8-9H2,1-2H3,(H,18,23). The number of aryl methyl sites for hydroxylation is 1. The molecular formula is C16H17N5O2. The lowest BCUT2D eigenvalue weighted by Crippen LogP contribution is -2.50. The Hall–Kier alpha value is -2.83. The highest BCUT2D eigenvalue weighted by molar-refractivity contribution is 5.76. The fourth-order valence-corrected chi connectivity index (χ4v) is 3.15. The maximum atomic E-state index is 11.7. The van der Waals surface area contributed by atoms with Crippen molar-refractivity contribution >= 4 is 16.9 Å². The summed E-state index contributed by atoms with van der Waals surface area (Å²) in [4.78, 5) is 32.8.